The number of rotatable bonds is 4. The van der Waals surface area contributed by atoms with Crippen LogP contribution in [0.5, 0.6) is 0 Å². The summed E-state index contributed by atoms with van der Waals surface area (Å²) in [6.07, 6.45) is 1.58. The Morgan fingerprint density at radius 1 is 1.12 bits per heavy atom. The topological polar surface area (TPSA) is 125 Å². The second-order valence-corrected chi connectivity index (χ2v) is 4.64. The van der Waals surface area contributed by atoms with Gasteiger partial charge in [0.05, 0.1) is 31.0 Å². The van der Waals surface area contributed by atoms with Crippen LogP contribution in [0.3, 0.4) is 0 Å². The lowest BCUT2D eigenvalue weighted by atomic mass is 10.1. The Labute approximate surface area is 142 Å². The molecule has 2 aromatic rings. The zero-order valence-corrected chi connectivity index (χ0v) is 13.4. The van der Waals surface area contributed by atoms with Crippen molar-refractivity contribution in [3.8, 4) is 12.1 Å². The molecular weight excluding hydrogens is 324 g/mol. The Kier molecular flexibility index (Phi) is 5.29. The zero-order valence-electron chi connectivity index (χ0n) is 13.4. The van der Waals surface area contributed by atoms with E-state index in [-0.39, 0.29) is 11.3 Å². The number of hydrogen-bond donors (Lipinski definition) is 1. The molecule has 1 aromatic heterocycles. The van der Waals surface area contributed by atoms with Crippen molar-refractivity contribution in [2.75, 3.05) is 19.5 Å². The Morgan fingerprint density at radius 2 is 1.84 bits per heavy atom. The maximum absolute atomic E-state index is 12.0. The smallest absolute Gasteiger partial charge is 0.356 e. The van der Waals surface area contributed by atoms with Gasteiger partial charge in [0, 0.05) is 11.6 Å². The SMILES string of the molecule is COC(=O)/C(C#N)=C(\Nc1ccc2ncccc2c1C#N)C(=O)OC. The van der Waals surface area contributed by atoms with Crippen molar-refractivity contribution in [1.29, 1.82) is 10.5 Å². The highest BCUT2D eigenvalue weighted by Crippen LogP contribution is 2.26. The van der Waals surface area contributed by atoms with Crippen molar-refractivity contribution < 1.29 is 19.1 Å². The predicted molar refractivity (Wildman–Crippen MR) is 86.8 cm³/mol. The van der Waals surface area contributed by atoms with Gasteiger partial charge in [0.15, 0.2) is 11.3 Å². The fourth-order valence-electron chi connectivity index (χ4n) is 2.14. The van der Waals surface area contributed by atoms with E-state index in [1.165, 1.54) is 6.07 Å². The summed E-state index contributed by atoms with van der Waals surface area (Å²) in [5.41, 5.74) is 0.0250. The van der Waals surface area contributed by atoms with Gasteiger partial charge in [0.25, 0.3) is 0 Å². The summed E-state index contributed by atoms with van der Waals surface area (Å²) in [4.78, 5) is 27.9. The van der Waals surface area contributed by atoms with Crippen LogP contribution in [0.2, 0.25) is 0 Å². The lowest BCUT2D eigenvalue weighted by Gasteiger charge is -2.13. The summed E-state index contributed by atoms with van der Waals surface area (Å²) in [5.74, 6) is -1.95. The molecule has 0 fully saturated rings. The molecular formula is C17H12N4O4. The van der Waals surface area contributed by atoms with Crippen LogP contribution in [0.1, 0.15) is 5.56 Å². The van der Waals surface area contributed by atoms with E-state index >= 15 is 0 Å². The highest BCUT2D eigenvalue weighted by Gasteiger charge is 2.24. The van der Waals surface area contributed by atoms with E-state index in [1.807, 2.05) is 6.07 Å². The van der Waals surface area contributed by atoms with E-state index in [0.717, 1.165) is 14.2 Å². The van der Waals surface area contributed by atoms with E-state index in [2.05, 4.69) is 19.8 Å². The molecule has 0 unspecified atom stereocenters. The highest BCUT2D eigenvalue weighted by molar-refractivity contribution is 6.05. The van der Waals surface area contributed by atoms with Crippen molar-refractivity contribution in [2.45, 2.75) is 0 Å². The normalized spacial score (nSPS) is 10.9. The Hall–Kier alpha value is -3.91. The van der Waals surface area contributed by atoms with Crippen molar-refractivity contribution in [3.63, 3.8) is 0 Å². The molecule has 1 heterocycles. The number of carbonyl (C=O) groups is 2. The summed E-state index contributed by atoms with van der Waals surface area (Å²) in [5, 5.41) is 21.8. The van der Waals surface area contributed by atoms with Crippen LogP contribution in [0.25, 0.3) is 10.9 Å². The molecule has 0 bridgehead atoms. The number of ether oxygens (including phenoxy) is 2. The molecule has 0 aliphatic carbocycles. The van der Waals surface area contributed by atoms with Crippen molar-refractivity contribution >= 4 is 28.5 Å². The molecule has 1 N–H and O–H groups in total. The Balaban J connectivity index is 2.65. The predicted octanol–water partition coefficient (Wildman–Crippen LogP) is 1.64. The van der Waals surface area contributed by atoms with Crippen LogP contribution in [0.15, 0.2) is 41.7 Å². The first kappa shape index (κ1) is 17.4. The molecule has 0 aliphatic heterocycles. The molecule has 25 heavy (non-hydrogen) atoms. The van der Waals surface area contributed by atoms with Crippen LogP contribution in [-0.2, 0) is 19.1 Å². The zero-order chi connectivity index (χ0) is 18.4. The molecule has 8 heteroatoms. The molecule has 2 rings (SSSR count). The number of pyridine rings is 1. The third-order valence-electron chi connectivity index (χ3n) is 3.30. The lowest BCUT2D eigenvalue weighted by Crippen LogP contribution is -2.20. The monoisotopic (exact) mass is 336 g/mol. The minimum Gasteiger partial charge on any atom is -0.465 e. The molecule has 0 amide bonds. The van der Waals surface area contributed by atoms with E-state index in [4.69, 9.17) is 0 Å². The molecule has 0 radical (unpaired) electrons. The molecule has 0 saturated carbocycles. The van der Waals surface area contributed by atoms with Crippen molar-refractivity contribution in [3.05, 3.63) is 47.3 Å². The number of esters is 2. The fourth-order valence-corrected chi connectivity index (χ4v) is 2.14. The van der Waals surface area contributed by atoms with Gasteiger partial charge in [-0.25, -0.2) is 9.59 Å². The van der Waals surface area contributed by atoms with E-state index < -0.39 is 23.2 Å². The molecule has 124 valence electrons. The first-order chi connectivity index (χ1) is 12.1. The van der Waals surface area contributed by atoms with E-state index in [1.54, 1.807) is 30.5 Å². The highest BCUT2D eigenvalue weighted by atomic mass is 16.5. The maximum atomic E-state index is 12.0. The van der Waals surface area contributed by atoms with Crippen molar-refractivity contribution in [1.82, 2.24) is 4.98 Å². The number of anilines is 1. The van der Waals surface area contributed by atoms with E-state index in [9.17, 15) is 20.1 Å². The van der Waals surface area contributed by atoms with Gasteiger partial charge < -0.3 is 14.8 Å². The minimum absolute atomic E-state index is 0.203. The number of hydrogen-bond acceptors (Lipinski definition) is 8. The summed E-state index contributed by atoms with van der Waals surface area (Å²) in [7, 11) is 2.18. The number of methoxy groups -OCH3 is 2. The molecule has 0 spiro atoms. The Morgan fingerprint density at radius 3 is 2.44 bits per heavy atom. The molecule has 0 aliphatic rings. The number of benzene rings is 1. The number of nitriles is 2. The van der Waals surface area contributed by atoms with Gasteiger partial charge in [-0.1, -0.05) is 0 Å². The van der Waals surface area contributed by atoms with Crippen molar-refractivity contribution in [2.24, 2.45) is 0 Å². The van der Waals surface area contributed by atoms with Crippen LogP contribution >= 0.6 is 0 Å². The van der Waals surface area contributed by atoms with Gasteiger partial charge in [-0.05, 0) is 24.3 Å². The molecule has 1 aromatic carbocycles. The van der Waals surface area contributed by atoms with Gasteiger partial charge in [-0.2, -0.15) is 10.5 Å². The summed E-state index contributed by atoms with van der Waals surface area (Å²) in [6.45, 7) is 0. The first-order valence-electron chi connectivity index (χ1n) is 6.93. The summed E-state index contributed by atoms with van der Waals surface area (Å²) >= 11 is 0. The number of carbonyl (C=O) groups excluding carboxylic acids is 2. The largest absolute Gasteiger partial charge is 0.465 e. The van der Waals surface area contributed by atoms with Gasteiger partial charge >= 0.3 is 11.9 Å². The fraction of sp³-hybridized carbons (Fsp3) is 0.118. The number of fused-ring (bicyclic) bond motifs is 1. The Bertz CT molecular complexity index is 967. The van der Waals surface area contributed by atoms with Gasteiger partial charge in [0.2, 0.25) is 0 Å². The number of aromatic nitrogens is 1. The van der Waals surface area contributed by atoms with Crippen LogP contribution in [0.4, 0.5) is 5.69 Å². The number of nitrogens with one attached hydrogen (secondary N) is 1. The van der Waals surface area contributed by atoms with Crippen LogP contribution in [-0.4, -0.2) is 31.1 Å². The third kappa shape index (κ3) is 3.38. The quantitative estimate of drug-likeness (QED) is 0.507. The maximum Gasteiger partial charge on any atom is 0.356 e. The third-order valence-corrected chi connectivity index (χ3v) is 3.30. The summed E-state index contributed by atoms with van der Waals surface area (Å²) < 4.78 is 9.11. The van der Waals surface area contributed by atoms with Gasteiger partial charge in [0.1, 0.15) is 12.1 Å². The lowest BCUT2D eigenvalue weighted by molar-refractivity contribution is -0.138. The standard InChI is InChI=1S/C17H12N4O4/c1-24-16(22)12(9-19)15(17(23)25-2)21-14-6-5-13-10(11(14)8-18)4-3-7-20-13/h3-7,21H,1-2H3/b15-12-. The second kappa shape index (κ2) is 7.57. The van der Waals surface area contributed by atoms with Gasteiger partial charge in [-0.15, -0.1) is 0 Å². The molecule has 0 atom stereocenters. The number of nitrogens with zero attached hydrogens (tertiary/aromatic N) is 3. The molecule has 8 nitrogen and oxygen atoms in total. The minimum atomic E-state index is -1.00. The molecule has 0 saturated heterocycles. The average molecular weight is 336 g/mol. The average Bonchev–Trinajstić information content (AvgIpc) is 2.66. The first-order valence-corrected chi connectivity index (χ1v) is 6.93. The van der Waals surface area contributed by atoms with Gasteiger partial charge in [-0.3, -0.25) is 4.98 Å². The van der Waals surface area contributed by atoms with Crippen LogP contribution < -0.4 is 5.32 Å². The van der Waals surface area contributed by atoms with Crippen LogP contribution in [0, 0.1) is 22.7 Å². The second-order valence-electron chi connectivity index (χ2n) is 4.64. The van der Waals surface area contributed by atoms with E-state index in [0.29, 0.717) is 10.9 Å². The summed E-state index contributed by atoms with van der Waals surface area (Å²) in [6, 6.07) is 10.1.